The van der Waals surface area contributed by atoms with E-state index in [9.17, 15) is 9.50 Å². The molecular formula is C15H19FN2O. The summed E-state index contributed by atoms with van der Waals surface area (Å²) >= 11 is 0. The minimum absolute atomic E-state index is 0.0758. The van der Waals surface area contributed by atoms with Gasteiger partial charge in [-0.25, -0.2) is 4.39 Å². The van der Waals surface area contributed by atoms with Crippen molar-refractivity contribution in [2.45, 2.75) is 25.7 Å². The lowest BCUT2D eigenvalue weighted by molar-refractivity contribution is 0.260. The van der Waals surface area contributed by atoms with E-state index >= 15 is 0 Å². The number of benzene rings is 1. The van der Waals surface area contributed by atoms with Crippen molar-refractivity contribution in [3.05, 3.63) is 53.1 Å². The summed E-state index contributed by atoms with van der Waals surface area (Å²) in [7, 11) is 1.88. The zero-order valence-corrected chi connectivity index (χ0v) is 11.3. The summed E-state index contributed by atoms with van der Waals surface area (Å²) in [6.07, 6.45) is 1.46. The second-order valence-electron chi connectivity index (χ2n) is 4.71. The maximum absolute atomic E-state index is 13.8. The Labute approximate surface area is 112 Å². The van der Waals surface area contributed by atoms with Crippen LogP contribution < -0.4 is 0 Å². The SMILES string of the molecule is CCc1cc(CC(CO)c2ccccc2F)n(C)n1. The first-order valence-electron chi connectivity index (χ1n) is 6.52. The van der Waals surface area contributed by atoms with Crippen molar-refractivity contribution in [1.82, 2.24) is 9.78 Å². The van der Waals surface area contributed by atoms with Gasteiger partial charge >= 0.3 is 0 Å². The molecule has 0 saturated heterocycles. The molecule has 1 unspecified atom stereocenters. The minimum atomic E-state index is -0.264. The number of hydrogen-bond acceptors (Lipinski definition) is 2. The number of aliphatic hydroxyl groups is 1. The summed E-state index contributed by atoms with van der Waals surface area (Å²) in [6, 6.07) is 8.63. The largest absolute Gasteiger partial charge is 0.396 e. The highest BCUT2D eigenvalue weighted by molar-refractivity contribution is 5.24. The van der Waals surface area contributed by atoms with Crippen molar-refractivity contribution in [3.8, 4) is 0 Å². The van der Waals surface area contributed by atoms with Crippen LogP contribution in [0.2, 0.25) is 0 Å². The van der Waals surface area contributed by atoms with Crippen LogP contribution in [0.15, 0.2) is 30.3 Å². The molecule has 1 aromatic carbocycles. The number of aliphatic hydroxyl groups excluding tert-OH is 1. The smallest absolute Gasteiger partial charge is 0.126 e. The lowest BCUT2D eigenvalue weighted by Crippen LogP contribution is -2.12. The highest BCUT2D eigenvalue weighted by atomic mass is 19.1. The molecule has 4 heteroatoms. The first-order valence-corrected chi connectivity index (χ1v) is 6.52. The van der Waals surface area contributed by atoms with Gasteiger partial charge in [0.1, 0.15) is 5.82 Å². The van der Waals surface area contributed by atoms with Crippen LogP contribution in [-0.2, 0) is 19.9 Å². The van der Waals surface area contributed by atoms with Crippen molar-refractivity contribution < 1.29 is 9.50 Å². The van der Waals surface area contributed by atoms with Crippen LogP contribution >= 0.6 is 0 Å². The summed E-state index contributed by atoms with van der Waals surface area (Å²) in [5.74, 6) is -0.499. The van der Waals surface area contributed by atoms with Gasteiger partial charge in [0, 0.05) is 18.7 Å². The van der Waals surface area contributed by atoms with Crippen molar-refractivity contribution in [1.29, 1.82) is 0 Å². The van der Waals surface area contributed by atoms with Gasteiger partial charge in [-0.15, -0.1) is 0 Å². The first kappa shape index (κ1) is 13.7. The normalized spacial score (nSPS) is 12.6. The highest BCUT2D eigenvalue weighted by Gasteiger charge is 2.17. The van der Waals surface area contributed by atoms with E-state index in [1.54, 1.807) is 18.2 Å². The van der Waals surface area contributed by atoms with Crippen molar-refractivity contribution in [3.63, 3.8) is 0 Å². The summed E-state index contributed by atoms with van der Waals surface area (Å²) in [5, 5.41) is 13.9. The molecule has 0 saturated carbocycles. The number of aromatic nitrogens is 2. The molecule has 0 bridgehead atoms. The number of halogens is 1. The molecule has 0 fully saturated rings. The maximum Gasteiger partial charge on any atom is 0.126 e. The molecule has 19 heavy (non-hydrogen) atoms. The van der Waals surface area contributed by atoms with Gasteiger partial charge in [0.25, 0.3) is 0 Å². The molecule has 1 atom stereocenters. The first-order chi connectivity index (χ1) is 9.15. The van der Waals surface area contributed by atoms with Crippen molar-refractivity contribution in [2.24, 2.45) is 7.05 Å². The molecule has 0 spiro atoms. The van der Waals surface area contributed by atoms with Crippen LogP contribution in [-0.4, -0.2) is 21.5 Å². The Balaban J connectivity index is 2.24. The predicted molar refractivity (Wildman–Crippen MR) is 72.5 cm³/mol. The number of rotatable bonds is 5. The fourth-order valence-corrected chi connectivity index (χ4v) is 2.27. The fraction of sp³-hybridized carbons (Fsp3) is 0.400. The van der Waals surface area contributed by atoms with E-state index in [0.717, 1.165) is 17.8 Å². The molecule has 1 aromatic heterocycles. The standard InChI is InChI=1S/C15H19FN2O/c1-3-12-9-13(18(2)17-12)8-11(10-19)14-6-4-5-7-15(14)16/h4-7,9,11,19H,3,8,10H2,1-2H3. The Hall–Kier alpha value is -1.68. The van der Waals surface area contributed by atoms with Crippen molar-refractivity contribution in [2.75, 3.05) is 6.61 Å². The van der Waals surface area contributed by atoms with Crippen LogP contribution in [0.5, 0.6) is 0 Å². The van der Waals surface area contributed by atoms with E-state index in [1.807, 2.05) is 24.7 Å². The maximum atomic E-state index is 13.8. The van der Waals surface area contributed by atoms with Crippen LogP contribution in [0, 0.1) is 5.82 Å². The summed E-state index contributed by atoms with van der Waals surface area (Å²) in [4.78, 5) is 0. The lowest BCUT2D eigenvalue weighted by Gasteiger charge is -2.15. The molecule has 0 radical (unpaired) electrons. The fourth-order valence-electron chi connectivity index (χ4n) is 2.27. The Bertz CT molecular complexity index is 551. The average molecular weight is 262 g/mol. The Morgan fingerprint density at radius 3 is 2.68 bits per heavy atom. The molecule has 2 aromatic rings. The highest BCUT2D eigenvalue weighted by Crippen LogP contribution is 2.23. The van der Waals surface area contributed by atoms with E-state index in [2.05, 4.69) is 5.10 Å². The second kappa shape index (κ2) is 5.97. The monoisotopic (exact) mass is 262 g/mol. The molecule has 0 aliphatic carbocycles. The van der Waals surface area contributed by atoms with Gasteiger partial charge in [-0.2, -0.15) is 5.10 Å². The van der Waals surface area contributed by atoms with Crippen LogP contribution in [0.25, 0.3) is 0 Å². The van der Waals surface area contributed by atoms with Crippen LogP contribution in [0.1, 0.15) is 29.8 Å². The summed E-state index contributed by atoms with van der Waals surface area (Å²) in [6.45, 7) is 1.97. The zero-order chi connectivity index (χ0) is 13.8. The van der Waals surface area contributed by atoms with E-state index in [1.165, 1.54) is 6.07 Å². The molecule has 0 amide bonds. The van der Waals surface area contributed by atoms with Crippen LogP contribution in [0.4, 0.5) is 4.39 Å². The van der Waals surface area contributed by atoms with Gasteiger partial charge in [0.2, 0.25) is 0 Å². The average Bonchev–Trinajstić information content (AvgIpc) is 2.77. The quantitative estimate of drug-likeness (QED) is 0.898. The number of hydrogen-bond donors (Lipinski definition) is 1. The molecule has 0 aliphatic rings. The Kier molecular flexibility index (Phi) is 4.32. The second-order valence-corrected chi connectivity index (χ2v) is 4.71. The van der Waals surface area contributed by atoms with Gasteiger partial charge in [0.15, 0.2) is 0 Å². The molecule has 0 aliphatic heterocycles. The molecule has 3 nitrogen and oxygen atoms in total. The van der Waals surface area contributed by atoms with Gasteiger partial charge < -0.3 is 5.11 Å². The summed E-state index contributed by atoms with van der Waals surface area (Å²) in [5.41, 5.74) is 2.59. The third kappa shape index (κ3) is 3.01. The van der Waals surface area contributed by atoms with E-state index in [4.69, 9.17) is 0 Å². The van der Waals surface area contributed by atoms with E-state index < -0.39 is 0 Å². The zero-order valence-electron chi connectivity index (χ0n) is 11.3. The predicted octanol–water partition coefficient (Wildman–Crippen LogP) is 2.44. The number of aryl methyl sites for hydroxylation is 2. The topological polar surface area (TPSA) is 38.0 Å². The van der Waals surface area contributed by atoms with Gasteiger partial charge in [0.05, 0.1) is 12.3 Å². The minimum Gasteiger partial charge on any atom is -0.396 e. The third-order valence-electron chi connectivity index (χ3n) is 3.41. The molecule has 1 heterocycles. The third-order valence-corrected chi connectivity index (χ3v) is 3.41. The van der Waals surface area contributed by atoms with E-state index in [0.29, 0.717) is 12.0 Å². The molecular weight excluding hydrogens is 243 g/mol. The number of nitrogens with zero attached hydrogens (tertiary/aromatic N) is 2. The lowest BCUT2D eigenvalue weighted by atomic mass is 9.94. The molecule has 2 rings (SSSR count). The summed E-state index contributed by atoms with van der Waals surface area (Å²) < 4.78 is 15.6. The Morgan fingerprint density at radius 2 is 2.11 bits per heavy atom. The molecule has 1 N–H and O–H groups in total. The van der Waals surface area contributed by atoms with Crippen LogP contribution in [0.3, 0.4) is 0 Å². The Morgan fingerprint density at radius 1 is 1.37 bits per heavy atom. The van der Waals surface area contributed by atoms with Gasteiger partial charge in [-0.05, 0) is 30.5 Å². The molecule has 102 valence electrons. The van der Waals surface area contributed by atoms with Gasteiger partial charge in [-0.3, -0.25) is 4.68 Å². The van der Waals surface area contributed by atoms with Gasteiger partial charge in [-0.1, -0.05) is 25.1 Å². The van der Waals surface area contributed by atoms with Crippen molar-refractivity contribution >= 4 is 0 Å². The van der Waals surface area contributed by atoms with E-state index in [-0.39, 0.29) is 18.3 Å².